The quantitative estimate of drug-likeness (QED) is 0.309. The first-order valence-corrected chi connectivity index (χ1v) is 12.8. The van der Waals surface area contributed by atoms with E-state index < -0.39 is 10.8 Å². The number of hydrogen-bond acceptors (Lipinski definition) is 5. The third-order valence-corrected chi connectivity index (χ3v) is 6.92. The fourth-order valence-electron chi connectivity index (χ4n) is 3.56. The minimum absolute atomic E-state index is 0.0215. The molecule has 6 nitrogen and oxygen atoms in total. The molecule has 3 aromatic carbocycles. The lowest BCUT2D eigenvalue weighted by atomic mass is 10.1. The number of nitrogens with one attached hydrogen (secondary N) is 1. The van der Waals surface area contributed by atoms with E-state index in [0.29, 0.717) is 34.5 Å². The van der Waals surface area contributed by atoms with Crippen molar-refractivity contribution in [2.75, 3.05) is 11.9 Å². The Morgan fingerprint density at radius 1 is 1.08 bits per heavy atom. The number of halogens is 4. The molecule has 1 unspecified atom stereocenters. The molecule has 0 spiro atoms. The summed E-state index contributed by atoms with van der Waals surface area (Å²) in [5.74, 6) is -0.779. The normalized spacial score (nSPS) is 17.1. The number of ether oxygens (including phenoxy) is 1. The van der Waals surface area contributed by atoms with E-state index in [0.717, 1.165) is 17.3 Å². The number of carbonyl (C=O) groups is 2. The lowest BCUT2D eigenvalue weighted by molar-refractivity contribution is -0.129. The number of nitrogens with zero attached hydrogens (tertiary/aromatic N) is 2. The van der Waals surface area contributed by atoms with Gasteiger partial charge < -0.3 is 10.1 Å². The summed E-state index contributed by atoms with van der Waals surface area (Å²) < 4.78 is 30.2. The van der Waals surface area contributed by atoms with Crippen LogP contribution in [0.4, 0.5) is 20.2 Å². The van der Waals surface area contributed by atoms with Crippen LogP contribution in [0.1, 0.15) is 12.0 Å². The molecule has 37 heavy (non-hydrogen) atoms. The van der Waals surface area contributed by atoms with Gasteiger partial charge in [0.15, 0.2) is 5.17 Å². The molecule has 2 amide bonds. The van der Waals surface area contributed by atoms with Crippen LogP contribution in [-0.2, 0) is 16.0 Å². The van der Waals surface area contributed by atoms with Crippen molar-refractivity contribution < 1.29 is 23.1 Å². The molecule has 0 aliphatic carbocycles. The maximum atomic E-state index is 13.2. The average Bonchev–Trinajstić information content (AvgIpc) is 2.85. The summed E-state index contributed by atoms with van der Waals surface area (Å²) in [6.45, 7) is 0.354. The van der Waals surface area contributed by atoms with Gasteiger partial charge in [0.25, 0.3) is 0 Å². The number of carbonyl (C=O) groups excluding carboxylic acids is 2. The van der Waals surface area contributed by atoms with Gasteiger partial charge in [-0.2, -0.15) is 0 Å². The molecular weight excluding hydrogens is 543 g/mol. The molecule has 1 N–H and O–H groups in total. The van der Waals surface area contributed by atoms with Crippen LogP contribution in [0.5, 0.6) is 5.75 Å². The lowest BCUT2D eigenvalue weighted by Gasteiger charge is -2.32. The molecule has 0 radical (unpaired) electrons. The van der Waals surface area contributed by atoms with Gasteiger partial charge in [-0.25, -0.2) is 4.99 Å². The lowest BCUT2D eigenvalue weighted by Crippen LogP contribution is -2.46. The number of amidine groups is 1. The summed E-state index contributed by atoms with van der Waals surface area (Å²) in [4.78, 5) is 32.3. The van der Waals surface area contributed by atoms with Crippen molar-refractivity contribution in [3.05, 3.63) is 89.4 Å². The van der Waals surface area contributed by atoms with Crippen molar-refractivity contribution in [1.82, 2.24) is 4.90 Å². The molecule has 3 aromatic rings. The monoisotopic (exact) mass is 563 g/mol. The predicted molar refractivity (Wildman–Crippen MR) is 143 cm³/mol. The van der Waals surface area contributed by atoms with E-state index in [-0.39, 0.29) is 24.0 Å². The first-order chi connectivity index (χ1) is 17.7. The van der Waals surface area contributed by atoms with Crippen LogP contribution in [0.25, 0.3) is 0 Å². The number of benzene rings is 3. The minimum Gasteiger partial charge on any atom is -0.420 e. The number of anilines is 1. The van der Waals surface area contributed by atoms with Crippen molar-refractivity contribution in [2.24, 2.45) is 4.99 Å². The van der Waals surface area contributed by atoms with Gasteiger partial charge in [0.05, 0.1) is 16.4 Å². The first-order valence-electron chi connectivity index (χ1n) is 11.2. The summed E-state index contributed by atoms with van der Waals surface area (Å²) in [5.41, 5.74) is -1.96. The Morgan fingerprint density at radius 2 is 1.76 bits per heavy atom. The predicted octanol–water partition coefficient (Wildman–Crippen LogP) is 6.71. The van der Waals surface area contributed by atoms with Gasteiger partial charge in [-0.3, -0.25) is 14.5 Å². The first kappa shape index (κ1) is 26.9. The summed E-state index contributed by atoms with van der Waals surface area (Å²) in [6.07, 6.45) is 0.562. The molecule has 0 aromatic heterocycles. The number of rotatable bonds is 8. The number of thioether (sulfide) groups is 1. The average molecular weight is 564 g/mol. The van der Waals surface area contributed by atoms with Crippen LogP contribution in [-0.4, -0.2) is 39.2 Å². The van der Waals surface area contributed by atoms with E-state index in [4.69, 9.17) is 23.2 Å². The van der Waals surface area contributed by atoms with Gasteiger partial charge in [-0.1, -0.05) is 65.8 Å². The van der Waals surface area contributed by atoms with Crippen molar-refractivity contribution in [3.63, 3.8) is 0 Å². The highest BCUT2D eigenvalue weighted by Crippen LogP contribution is 2.32. The molecule has 192 valence electrons. The van der Waals surface area contributed by atoms with Gasteiger partial charge in [0.1, 0.15) is 11.0 Å². The van der Waals surface area contributed by atoms with Gasteiger partial charge in [0, 0.05) is 24.6 Å². The molecule has 1 heterocycles. The molecule has 1 fully saturated rings. The molecule has 0 bridgehead atoms. The fourth-order valence-corrected chi connectivity index (χ4v) is 4.95. The molecule has 4 rings (SSSR count). The van der Waals surface area contributed by atoms with E-state index in [1.54, 1.807) is 24.3 Å². The largest absolute Gasteiger partial charge is 0.487 e. The van der Waals surface area contributed by atoms with Gasteiger partial charge >= 0.3 is 5.57 Å². The van der Waals surface area contributed by atoms with Crippen LogP contribution < -0.4 is 10.1 Å². The molecule has 0 saturated carbocycles. The topological polar surface area (TPSA) is 71.0 Å². The maximum absolute atomic E-state index is 13.2. The second-order valence-corrected chi connectivity index (χ2v) is 10.0. The van der Waals surface area contributed by atoms with Crippen molar-refractivity contribution in [2.45, 2.75) is 23.7 Å². The minimum atomic E-state index is -3.84. The van der Waals surface area contributed by atoms with Gasteiger partial charge in [-0.15, -0.1) is 8.78 Å². The molecule has 1 aliphatic rings. The Balaban J connectivity index is 1.56. The van der Waals surface area contributed by atoms with E-state index in [1.807, 2.05) is 30.3 Å². The zero-order valence-corrected chi connectivity index (χ0v) is 21.6. The zero-order chi connectivity index (χ0) is 26.4. The molecular formula is C26H21Cl2F2N3O3S. The van der Waals surface area contributed by atoms with Gasteiger partial charge in [-0.05, 0) is 48.4 Å². The Kier molecular flexibility index (Phi) is 8.68. The Morgan fingerprint density at radius 3 is 2.43 bits per heavy atom. The number of amides is 2. The second-order valence-electron chi connectivity index (χ2n) is 8.00. The highest BCUT2D eigenvalue weighted by Gasteiger charge is 2.36. The summed E-state index contributed by atoms with van der Waals surface area (Å²) in [7, 11) is 0. The van der Waals surface area contributed by atoms with E-state index in [1.165, 1.54) is 29.2 Å². The van der Waals surface area contributed by atoms with E-state index >= 15 is 0 Å². The number of aliphatic imine (C=N–C) groups is 1. The fraction of sp³-hybridized carbons (Fsp3) is 0.192. The SMILES string of the molecule is O=C(Nc1ccccc1Cl)C1CC(=O)N(CCc2ccccc2)C(=Nc2ccc(OC(F)(F)Cl)cc2)S1. The maximum Gasteiger partial charge on any atom is 0.487 e. The zero-order valence-electron chi connectivity index (χ0n) is 19.2. The van der Waals surface area contributed by atoms with Crippen LogP contribution in [0, 0.1) is 0 Å². The van der Waals surface area contributed by atoms with Crippen molar-refractivity contribution >= 4 is 63.3 Å². The summed E-state index contributed by atoms with van der Waals surface area (Å²) in [6, 6.07) is 22.0. The molecule has 1 saturated heterocycles. The van der Waals surface area contributed by atoms with Crippen LogP contribution in [0.3, 0.4) is 0 Å². The van der Waals surface area contributed by atoms with Crippen LogP contribution in [0.15, 0.2) is 83.9 Å². The Hall–Kier alpha value is -3.14. The highest BCUT2D eigenvalue weighted by atomic mass is 35.5. The molecule has 11 heteroatoms. The number of hydrogen-bond donors (Lipinski definition) is 1. The van der Waals surface area contributed by atoms with E-state index in [2.05, 4.69) is 15.0 Å². The van der Waals surface area contributed by atoms with E-state index in [9.17, 15) is 18.4 Å². The molecule has 1 aliphatic heterocycles. The van der Waals surface area contributed by atoms with Crippen molar-refractivity contribution in [3.8, 4) is 5.75 Å². The third kappa shape index (κ3) is 7.67. The molecule has 1 atom stereocenters. The highest BCUT2D eigenvalue weighted by molar-refractivity contribution is 8.15. The van der Waals surface area contributed by atoms with Crippen LogP contribution in [0.2, 0.25) is 5.02 Å². The summed E-state index contributed by atoms with van der Waals surface area (Å²) in [5, 5.41) is 2.73. The smallest absolute Gasteiger partial charge is 0.420 e. The van der Waals surface area contributed by atoms with Crippen molar-refractivity contribution in [1.29, 1.82) is 0 Å². The Bertz CT molecular complexity index is 1290. The van der Waals surface area contributed by atoms with Gasteiger partial charge in [0.2, 0.25) is 11.8 Å². The third-order valence-electron chi connectivity index (χ3n) is 5.33. The summed E-state index contributed by atoms with van der Waals surface area (Å²) >= 11 is 12.1. The number of alkyl halides is 3. The number of para-hydroxylation sites is 1. The standard InChI is InChI=1S/C26H21Cl2F2N3O3S/c27-20-8-4-5-9-21(20)32-24(35)22-16-23(34)33(15-14-17-6-2-1-3-7-17)25(37-22)31-18-10-12-19(13-11-18)36-26(28,29)30/h1-13,22H,14-16H2,(H,32,35). The van der Waals surface area contributed by atoms with Crippen LogP contribution >= 0.6 is 35.0 Å². The second kappa shape index (κ2) is 11.9. The Labute approximate surface area is 226 Å².